The second kappa shape index (κ2) is 7.72. The van der Waals surface area contributed by atoms with E-state index in [2.05, 4.69) is 10.1 Å². The minimum atomic E-state index is -0.500. The summed E-state index contributed by atoms with van der Waals surface area (Å²) in [5, 5.41) is 13.3. The molecule has 2 aromatic heterocycles. The van der Waals surface area contributed by atoms with Gasteiger partial charge in [-0.25, -0.2) is 4.98 Å². The molecule has 0 bridgehead atoms. The minimum absolute atomic E-state index is 0. The molecule has 2 heterocycles. The van der Waals surface area contributed by atoms with Gasteiger partial charge < -0.3 is 4.42 Å². The maximum Gasteiger partial charge on any atom is 0.229 e. The van der Waals surface area contributed by atoms with Gasteiger partial charge in [-0.15, -0.1) is 0 Å². The second-order valence-corrected chi connectivity index (χ2v) is 4.21. The van der Waals surface area contributed by atoms with E-state index in [4.69, 9.17) is 14.5 Å². The van der Waals surface area contributed by atoms with Gasteiger partial charge in [-0.05, 0) is 0 Å². The molecule has 0 aliphatic heterocycles. The fraction of sp³-hybridized carbons (Fsp3) is 0.200. The van der Waals surface area contributed by atoms with E-state index in [0.29, 0.717) is 5.89 Å². The van der Waals surface area contributed by atoms with Gasteiger partial charge in [0.1, 0.15) is 12.0 Å². The fourth-order valence-corrected chi connectivity index (χ4v) is 1.81. The molecule has 0 N–H and O–H groups in total. The third-order valence-electron chi connectivity index (χ3n) is 2.54. The van der Waals surface area contributed by atoms with E-state index in [0.717, 1.165) is 23.9 Å². The Morgan fingerprint density at radius 1 is 1.27 bits per heavy atom. The summed E-state index contributed by atoms with van der Waals surface area (Å²) in [5.74, 6) is 0.594. The molecule has 0 atom stereocenters. The highest BCUT2D eigenvalue weighted by molar-refractivity contribution is 5.76. The molecule has 116 valence electrons. The number of hydrogen-bond acceptors (Lipinski definition) is 5. The zero-order valence-electron chi connectivity index (χ0n) is 11.6. The summed E-state index contributed by atoms with van der Waals surface area (Å²) in [6.07, 6.45) is 5.11. The lowest BCUT2D eigenvalue weighted by atomic mass is 10.1. The summed E-state index contributed by atoms with van der Waals surface area (Å²) < 4.78 is 7.10. The molecule has 0 radical (unpaired) electrons. The average molecular weight is 302 g/mol. The Labute approximate surface area is 128 Å². The van der Waals surface area contributed by atoms with E-state index < -0.39 is 4.92 Å². The normalized spacial score (nSPS) is 9.36. The third kappa shape index (κ3) is 4.27. The second-order valence-electron chi connectivity index (χ2n) is 4.21. The molecule has 7 nitrogen and oxygen atoms in total. The quantitative estimate of drug-likeness (QED) is 0.535. The zero-order chi connectivity index (χ0) is 15.2. The van der Waals surface area contributed by atoms with Gasteiger partial charge in [0.25, 0.3) is 0 Å². The maximum absolute atomic E-state index is 8.81. The van der Waals surface area contributed by atoms with Crippen LogP contribution < -0.4 is 0 Å². The van der Waals surface area contributed by atoms with Crippen LogP contribution in [0.5, 0.6) is 0 Å². The first-order valence-corrected chi connectivity index (χ1v) is 6.15. The van der Waals surface area contributed by atoms with Crippen molar-refractivity contribution < 1.29 is 9.34 Å². The van der Waals surface area contributed by atoms with Gasteiger partial charge in [0.05, 0.1) is 11.8 Å². The van der Waals surface area contributed by atoms with Crippen molar-refractivity contribution in [2.45, 2.75) is 7.43 Å². The largest absolute Gasteiger partial charge is 0.444 e. The lowest BCUT2D eigenvalue weighted by Crippen LogP contribution is -1.87. The molecule has 0 aliphatic rings. The summed E-state index contributed by atoms with van der Waals surface area (Å²) >= 11 is 0. The number of oxazole rings is 1. The van der Waals surface area contributed by atoms with E-state index in [-0.39, 0.29) is 7.43 Å². The molecule has 0 aliphatic carbocycles. The van der Waals surface area contributed by atoms with Crippen molar-refractivity contribution in [2.75, 3.05) is 7.05 Å². The van der Waals surface area contributed by atoms with Crippen LogP contribution in [0.4, 0.5) is 0 Å². The Morgan fingerprint density at radius 2 is 1.91 bits per heavy atom. The Hall–Kier alpha value is -2.96. The third-order valence-corrected chi connectivity index (χ3v) is 2.54. The number of rotatable bonds is 2. The van der Waals surface area contributed by atoms with Crippen LogP contribution in [0.3, 0.4) is 0 Å². The predicted molar refractivity (Wildman–Crippen MR) is 83.8 cm³/mol. The van der Waals surface area contributed by atoms with Crippen molar-refractivity contribution in [3.63, 3.8) is 0 Å². The van der Waals surface area contributed by atoms with Crippen LogP contribution in [0, 0.1) is 10.1 Å². The average Bonchev–Trinajstić information content (AvgIpc) is 3.07. The van der Waals surface area contributed by atoms with Crippen molar-refractivity contribution in [1.29, 1.82) is 0 Å². The molecule has 7 heteroatoms. The van der Waals surface area contributed by atoms with Crippen LogP contribution in [0.25, 0.3) is 22.7 Å². The fourth-order valence-electron chi connectivity index (χ4n) is 1.81. The number of benzene rings is 1. The molecule has 0 saturated heterocycles. The van der Waals surface area contributed by atoms with Crippen molar-refractivity contribution in [2.24, 2.45) is 7.05 Å². The molecule has 0 unspecified atom stereocenters. The van der Waals surface area contributed by atoms with Crippen molar-refractivity contribution in [3.05, 3.63) is 59.1 Å². The topological polar surface area (TPSA) is 87.0 Å². The smallest absolute Gasteiger partial charge is 0.229 e. The molecule has 22 heavy (non-hydrogen) atoms. The first kappa shape index (κ1) is 17.1. The summed E-state index contributed by atoms with van der Waals surface area (Å²) in [4.78, 5) is 12.5. The van der Waals surface area contributed by atoms with Crippen LogP contribution >= 0.6 is 0 Å². The van der Waals surface area contributed by atoms with Crippen LogP contribution in [-0.2, 0) is 7.05 Å². The Balaban J connectivity index is 0.000000436. The molecular weight excluding hydrogens is 284 g/mol. The van der Waals surface area contributed by atoms with Gasteiger partial charge >= 0.3 is 0 Å². The Kier molecular flexibility index (Phi) is 6.00. The lowest BCUT2D eigenvalue weighted by molar-refractivity contribution is -0.445. The summed E-state index contributed by atoms with van der Waals surface area (Å²) in [7, 11) is 2.78. The van der Waals surface area contributed by atoms with Crippen molar-refractivity contribution >= 4 is 0 Å². The number of aryl methyl sites for hydroxylation is 1. The van der Waals surface area contributed by atoms with E-state index in [9.17, 15) is 0 Å². The maximum atomic E-state index is 8.81. The zero-order valence-corrected chi connectivity index (χ0v) is 11.6. The van der Waals surface area contributed by atoms with Gasteiger partial charge in [0.2, 0.25) is 5.89 Å². The van der Waals surface area contributed by atoms with E-state index >= 15 is 0 Å². The van der Waals surface area contributed by atoms with Gasteiger partial charge in [0, 0.05) is 23.7 Å². The van der Waals surface area contributed by atoms with E-state index in [1.807, 2.05) is 43.6 Å². The summed E-state index contributed by atoms with van der Waals surface area (Å²) in [6.45, 7) is 0. The Bertz CT molecular complexity index is 702. The SMILES string of the molecule is C.C[N+](=O)[O-].Cn1cc(-c2ncco2)c(-c2ccccc2)n1. The van der Waals surface area contributed by atoms with Crippen molar-refractivity contribution in [1.82, 2.24) is 14.8 Å². The lowest BCUT2D eigenvalue weighted by Gasteiger charge is -1.98. The standard InChI is InChI=1S/C13H11N3O.CH3NO2.CH4/c1-16-9-11(13-14-7-8-17-13)12(15-16)10-5-3-2-4-6-10;1-2(3)4;/h2-9H,1H3;1H3;1H4. The number of nitrogens with zero attached hydrogens (tertiary/aromatic N) is 4. The molecule has 3 aromatic rings. The van der Waals surface area contributed by atoms with Crippen LogP contribution in [0.1, 0.15) is 7.43 Å². The van der Waals surface area contributed by atoms with Gasteiger partial charge in [-0.1, -0.05) is 37.8 Å². The molecule has 0 saturated carbocycles. The molecule has 1 aromatic carbocycles. The molecular formula is C15H18N4O3. The monoisotopic (exact) mass is 302 g/mol. The van der Waals surface area contributed by atoms with Crippen LogP contribution in [0.2, 0.25) is 0 Å². The van der Waals surface area contributed by atoms with E-state index in [1.165, 1.54) is 0 Å². The van der Waals surface area contributed by atoms with E-state index in [1.54, 1.807) is 17.1 Å². The highest BCUT2D eigenvalue weighted by Crippen LogP contribution is 2.29. The minimum Gasteiger partial charge on any atom is -0.444 e. The first-order chi connectivity index (χ1) is 10.1. The molecule has 0 fully saturated rings. The molecule has 0 amide bonds. The Morgan fingerprint density at radius 3 is 2.45 bits per heavy atom. The summed E-state index contributed by atoms with van der Waals surface area (Å²) in [6, 6.07) is 10.0. The highest BCUT2D eigenvalue weighted by atomic mass is 16.6. The van der Waals surface area contributed by atoms with Gasteiger partial charge in [-0.3, -0.25) is 14.8 Å². The van der Waals surface area contributed by atoms with Gasteiger partial charge in [0.15, 0.2) is 7.05 Å². The first-order valence-electron chi connectivity index (χ1n) is 6.15. The summed E-state index contributed by atoms with van der Waals surface area (Å²) in [5.41, 5.74) is 2.85. The number of nitro groups is 1. The predicted octanol–water partition coefficient (Wildman–Crippen LogP) is 3.27. The number of hydrogen-bond donors (Lipinski definition) is 0. The molecule has 3 rings (SSSR count). The highest BCUT2D eigenvalue weighted by Gasteiger charge is 2.14. The van der Waals surface area contributed by atoms with Gasteiger partial charge in [-0.2, -0.15) is 5.10 Å². The van der Waals surface area contributed by atoms with Crippen LogP contribution in [-0.4, -0.2) is 26.7 Å². The van der Waals surface area contributed by atoms with Crippen LogP contribution in [0.15, 0.2) is 53.4 Å². The molecule has 0 spiro atoms. The van der Waals surface area contributed by atoms with Crippen molar-refractivity contribution in [3.8, 4) is 22.7 Å². The number of aromatic nitrogens is 3.